The van der Waals surface area contributed by atoms with Crippen LogP contribution in [-0.4, -0.2) is 6.04 Å². The Morgan fingerprint density at radius 1 is 1.41 bits per heavy atom. The third-order valence-corrected chi connectivity index (χ3v) is 2.65. The van der Waals surface area contributed by atoms with Gasteiger partial charge >= 0.3 is 0 Å². The Morgan fingerprint density at radius 2 is 2.24 bits per heavy atom. The number of hydrogen-bond donors (Lipinski definition) is 1. The zero-order chi connectivity index (χ0) is 12.3. The molecule has 0 amide bonds. The lowest BCUT2D eigenvalue weighted by atomic mass is 10.2. The van der Waals surface area contributed by atoms with Crippen molar-refractivity contribution in [2.24, 2.45) is 0 Å². The zero-order valence-corrected chi connectivity index (χ0v) is 10.2. The summed E-state index contributed by atoms with van der Waals surface area (Å²) >= 11 is 5.82. The van der Waals surface area contributed by atoms with Gasteiger partial charge in [0.2, 0.25) is 0 Å². The highest BCUT2D eigenvalue weighted by Crippen LogP contribution is 2.20. The largest absolute Gasteiger partial charge is 0.469 e. The quantitative estimate of drug-likeness (QED) is 0.887. The second kappa shape index (κ2) is 5.23. The van der Waals surface area contributed by atoms with Crippen LogP contribution in [0.4, 0.5) is 10.1 Å². The molecule has 0 fully saturated rings. The van der Waals surface area contributed by atoms with Gasteiger partial charge in [0.1, 0.15) is 11.6 Å². The molecular formula is C13H13ClFNO. The first-order valence-corrected chi connectivity index (χ1v) is 5.77. The molecule has 0 radical (unpaired) electrons. The van der Waals surface area contributed by atoms with E-state index in [9.17, 15) is 4.39 Å². The lowest BCUT2D eigenvalue weighted by Crippen LogP contribution is -2.18. The normalized spacial score (nSPS) is 12.4. The van der Waals surface area contributed by atoms with Crippen molar-refractivity contribution < 1.29 is 8.81 Å². The minimum absolute atomic E-state index is 0.0640. The zero-order valence-electron chi connectivity index (χ0n) is 9.41. The number of benzene rings is 1. The van der Waals surface area contributed by atoms with Crippen LogP contribution in [0.5, 0.6) is 0 Å². The average molecular weight is 254 g/mol. The number of nitrogens with one attached hydrogen (secondary N) is 1. The molecule has 1 aromatic carbocycles. The topological polar surface area (TPSA) is 25.2 Å². The van der Waals surface area contributed by atoms with Gasteiger partial charge in [-0.1, -0.05) is 11.6 Å². The van der Waals surface area contributed by atoms with Gasteiger partial charge in [-0.2, -0.15) is 0 Å². The van der Waals surface area contributed by atoms with Gasteiger partial charge in [0.25, 0.3) is 0 Å². The smallest absolute Gasteiger partial charge is 0.146 e. The molecule has 0 saturated heterocycles. The summed E-state index contributed by atoms with van der Waals surface area (Å²) in [6, 6.07) is 8.25. The van der Waals surface area contributed by atoms with Crippen LogP contribution in [0.15, 0.2) is 41.0 Å². The lowest BCUT2D eigenvalue weighted by molar-refractivity contribution is 0.497. The van der Waals surface area contributed by atoms with Gasteiger partial charge in [0, 0.05) is 17.5 Å². The van der Waals surface area contributed by atoms with Gasteiger partial charge < -0.3 is 9.73 Å². The van der Waals surface area contributed by atoms with Crippen molar-refractivity contribution in [3.05, 3.63) is 53.2 Å². The van der Waals surface area contributed by atoms with E-state index in [0.717, 1.165) is 5.76 Å². The van der Waals surface area contributed by atoms with Crippen LogP contribution in [0.25, 0.3) is 0 Å². The fraction of sp³-hybridized carbons (Fsp3) is 0.231. The highest BCUT2D eigenvalue weighted by molar-refractivity contribution is 6.30. The standard InChI is InChI=1S/C13H13ClFNO/c1-9(7-11-3-2-6-17-11)16-13-8-10(14)4-5-12(13)15/h2-6,8-9,16H,7H2,1H3. The van der Waals surface area contributed by atoms with Crippen molar-refractivity contribution in [3.63, 3.8) is 0 Å². The third-order valence-electron chi connectivity index (χ3n) is 2.42. The SMILES string of the molecule is CC(Cc1ccco1)Nc1cc(Cl)ccc1F. The predicted octanol–water partition coefficient (Wildman–Crippen LogP) is 4.12. The highest BCUT2D eigenvalue weighted by Gasteiger charge is 2.09. The molecule has 0 saturated carbocycles. The van der Waals surface area contributed by atoms with E-state index in [-0.39, 0.29) is 11.9 Å². The Balaban J connectivity index is 2.02. The molecule has 0 aliphatic heterocycles. The van der Waals surface area contributed by atoms with Gasteiger partial charge in [-0.3, -0.25) is 0 Å². The number of hydrogen-bond acceptors (Lipinski definition) is 2. The minimum Gasteiger partial charge on any atom is -0.469 e. The van der Waals surface area contributed by atoms with Crippen molar-refractivity contribution in [2.45, 2.75) is 19.4 Å². The average Bonchev–Trinajstić information content (AvgIpc) is 2.76. The Bertz CT molecular complexity index is 484. The number of halogens is 2. The number of furan rings is 1. The van der Waals surface area contributed by atoms with Gasteiger partial charge in [-0.05, 0) is 37.3 Å². The Morgan fingerprint density at radius 3 is 2.94 bits per heavy atom. The monoisotopic (exact) mass is 253 g/mol. The molecule has 0 bridgehead atoms. The van der Waals surface area contributed by atoms with Crippen LogP contribution < -0.4 is 5.32 Å². The molecule has 2 rings (SSSR count). The Kier molecular flexibility index (Phi) is 3.69. The summed E-state index contributed by atoms with van der Waals surface area (Å²) in [6.07, 6.45) is 2.32. The maximum Gasteiger partial charge on any atom is 0.146 e. The van der Waals surface area contributed by atoms with Crippen molar-refractivity contribution in [2.75, 3.05) is 5.32 Å². The summed E-state index contributed by atoms with van der Waals surface area (Å²) in [5.74, 6) is 0.563. The molecule has 90 valence electrons. The Hall–Kier alpha value is -1.48. The second-order valence-electron chi connectivity index (χ2n) is 3.95. The molecule has 2 aromatic rings. The summed E-state index contributed by atoms with van der Waals surface area (Å²) in [5.41, 5.74) is 0.413. The van der Waals surface area contributed by atoms with E-state index in [4.69, 9.17) is 16.0 Å². The molecule has 1 aromatic heterocycles. The first-order chi connectivity index (χ1) is 8.15. The van der Waals surface area contributed by atoms with Crippen LogP contribution in [0.2, 0.25) is 5.02 Å². The highest BCUT2D eigenvalue weighted by atomic mass is 35.5. The van der Waals surface area contributed by atoms with E-state index < -0.39 is 0 Å². The maximum atomic E-state index is 13.5. The first kappa shape index (κ1) is 12.0. The third kappa shape index (κ3) is 3.24. The van der Waals surface area contributed by atoms with Crippen molar-refractivity contribution in [1.29, 1.82) is 0 Å². The molecule has 1 heterocycles. The molecule has 0 aliphatic rings. The van der Waals surface area contributed by atoms with E-state index in [1.54, 1.807) is 12.3 Å². The number of anilines is 1. The fourth-order valence-electron chi connectivity index (χ4n) is 1.66. The predicted molar refractivity (Wildman–Crippen MR) is 66.9 cm³/mol. The van der Waals surface area contributed by atoms with E-state index in [2.05, 4.69) is 5.32 Å². The van der Waals surface area contributed by atoms with E-state index >= 15 is 0 Å². The van der Waals surface area contributed by atoms with Crippen molar-refractivity contribution in [1.82, 2.24) is 0 Å². The summed E-state index contributed by atoms with van der Waals surface area (Å²) in [5, 5.41) is 3.58. The van der Waals surface area contributed by atoms with E-state index in [1.165, 1.54) is 12.1 Å². The second-order valence-corrected chi connectivity index (χ2v) is 4.39. The van der Waals surface area contributed by atoms with Gasteiger partial charge in [-0.25, -0.2) is 4.39 Å². The molecule has 2 nitrogen and oxygen atoms in total. The molecule has 1 unspecified atom stereocenters. The van der Waals surface area contributed by atoms with Crippen LogP contribution in [0.3, 0.4) is 0 Å². The molecule has 1 N–H and O–H groups in total. The van der Waals surface area contributed by atoms with Crippen LogP contribution in [-0.2, 0) is 6.42 Å². The molecule has 17 heavy (non-hydrogen) atoms. The molecule has 4 heteroatoms. The van der Waals surface area contributed by atoms with Gasteiger partial charge in [0.05, 0.1) is 12.0 Å². The van der Waals surface area contributed by atoms with Crippen molar-refractivity contribution in [3.8, 4) is 0 Å². The molecular weight excluding hydrogens is 241 g/mol. The lowest BCUT2D eigenvalue weighted by Gasteiger charge is -2.14. The fourth-order valence-corrected chi connectivity index (χ4v) is 1.83. The molecule has 0 spiro atoms. The summed E-state index contributed by atoms with van der Waals surface area (Å²) in [7, 11) is 0. The summed E-state index contributed by atoms with van der Waals surface area (Å²) in [6.45, 7) is 1.96. The van der Waals surface area contributed by atoms with Gasteiger partial charge in [-0.15, -0.1) is 0 Å². The number of rotatable bonds is 4. The van der Waals surface area contributed by atoms with Crippen LogP contribution >= 0.6 is 11.6 Å². The van der Waals surface area contributed by atoms with Crippen LogP contribution in [0.1, 0.15) is 12.7 Å². The maximum absolute atomic E-state index is 13.5. The Labute approximate surface area is 104 Å². The molecule has 0 aliphatic carbocycles. The summed E-state index contributed by atoms with van der Waals surface area (Å²) in [4.78, 5) is 0. The molecule has 1 atom stereocenters. The van der Waals surface area contributed by atoms with Gasteiger partial charge in [0.15, 0.2) is 0 Å². The van der Waals surface area contributed by atoms with Crippen LogP contribution in [0, 0.1) is 5.82 Å². The minimum atomic E-state index is -0.305. The van der Waals surface area contributed by atoms with E-state index in [0.29, 0.717) is 17.1 Å². The first-order valence-electron chi connectivity index (χ1n) is 5.39. The van der Waals surface area contributed by atoms with E-state index in [1.807, 2.05) is 19.1 Å². The van der Waals surface area contributed by atoms with Crippen molar-refractivity contribution >= 4 is 17.3 Å². The summed E-state index contributed by atoms with van der Waals surface area (Å²) < 4.78 is 18.7.